The highest BCUT2D eigenvalue weighted by molar-refractivity contribution is 6.32. The van der Waals surface area contributed by atoms with Crippen molar-refractivity contribution in [1.82, 2.24) is 5.32 Å². The molecule has 0 spiro atoms. The molecule has 0 aliphatic carbocycles. The fourth-order valence-electron chi connectivity index (χ4n) is 1.74. The second-order valence-corrected chi connectivity index (χ2v) is 5.33. The summed E-state index contributed by atoms with van der Waals surface area (Å²) in [5.41, 5.74) is 0.335. The van der Waals surface area contributed by atoms with E-state index in [2.05, 4.69) is 12.2 Å². The lowest BCUT2D eigenvalue weighted by molar-refractivity contribution is -0.0113. The molecule has 0 saturated carbocycles. The lowest BCUT2D eigenvalue weighted by Crippen LogP contribution is -2.34. The molecule has 0 aromatic heterocycles. The zero-order chi connectivity index (χ0) is 14.5. The Kier molecular flexibility index (Phi) is 6.11. The topological polar surface area (TPSA) is 41.5 Å². The van der Waals surface area contributed by atoms with E-state index in [4.69, 9.17) is 16.3 Å². The number of aliphatic hydroxyl groups is 1. The molecule has 108 valence electrons. The number of rotatable bonds is 7. The summed E-state index contributed by atoms with van der Waals surface area (Å²) < 4.78 is 5.65. The third-order valence-electron chi connectivity index (χ3n) is 3.70. The Bertz CT molecular complexity index is 405. The van der Waals surface area contributed by atoms with Crippen LogP contribution < -0.4 is 10.1 Å². The highest BCUT2D eigenvalue weighted by Gasteiger charge is 2.23. The van der Waals surface area contributed by atoms with Crippen LogP contribution in [-0.2, 0) is 0 Å². The smallest absolute Gasteiger partial charge is 0.138 e. The van der Waals surface area contributed by atoms with Gasteiger partial charge in [-0.2, -0.15) is 0 Å². The molecule has 0 heterocycles. The van der Waals surface area contributed by atoms with Crippen LogP contribution >= 0.6 is 11.6 Å². The monoisotopic (exact) mass is 285 g/mol. The highest BCUT2D eigenvalue weighted by atomic mass is 35.5. The summed E-state index contributed by atoms with van der Waals surface area (Å²) in [6, 6.07) is 5.99. The van der Waals surface area contributed by atoms with E-state index in [9.17, 15) is 5.11 Å². The zero-order valence-electron chi connectivity index (χ0n) is 12.2. The van der Waals surface area contributed by atoms with Crippen LogP contribution in [0, 0.1) is 0 Å². The molecule has 0 saturated heterocycles. The van der Waals surface area contributed by atoms with E-state index in [0.717, 1.165) is 5.56 Å². The van der Waals surface area contributed by atoms with Crippen LogP contribution in [0.3, 0.4) is 0 Å². The molecule has 1 aromatic rings. The molecule has 19 heavy (non-hydrogen) atoms. The van der Waals surface area contributed by atoms with Gasteiger partial charge in [-0.3, -0.25) is 0 Å². The molecule has 1 rings (SSSR count). The summed E-state index contributed by atoms with van der Waals surface area (Å²) in [6.45, 7) is 6.23. The predicted molar refractivity (Wildman–Crippen MR) is 80.0 cm³/mol. The van der Waals surface area contributed by atoms with Crippen LogP contribution in [0.5, 0.6) is 5.75 Å². The van der Waals surface area contributed by atoms with Crippen molar-refractivity contribution >= 4 is 11.6 Å². The standard InChI is InChI=1S/C15H24ClNO2/c1-5-15(18,6-2)10-19-14-8-7-12(9-13(14)16)11(3)17-4/h7-9,11,17-18H,5-6,10H2,1-4H3. The van der Waals surface area contributed by atoms with E-state index in [1.54, 1.807) is 0 Å². The molecule has 0 bridgehead atoms. The van der Waals surface area contributed by atoms with Gasteiger partial charge in [-0.05, 0) is 44.5 Å². The van der Waals surface area contributed by atoms with E-state index in [0.29, 0.717) is 23.6 Å². The largest absolute Gasteiger partial charge is 0.489 e. The summed E-state index contributed by atoms with van der Waals surface area (Å²) in [5.74, 6) is 0.619. The van der Waals surface area contributed by atoms with Crippen molar-refractivity contribution in [3.8, 4) is 5.75 Å². The third-order valence-corrected chi connectivity index (χ3v) is 4.00. The number of halogens is 1. The maximum atomic E-state index is 10.2. The van der Waals surface area contributed by atoms with Crippen molar-refractivity contribution in [2.24, 2.45) is 0 Å². The Morgan fingerprint density at radius 2 is 2.00 bits per heavy atom. The Balaban J connectivity index is 2.75. The molecule has 0 aliphatic rings. The van der Waals surface area contributed by atoms with Crippen molar-refractivity contribution < 1.29 is 9.84 Å². The van der Waals surface area contributed by atoms with Crippen molar-refractivity contribution in [3.63, 3.8) is 0 Å². The maximum Gasteiger partial charge on any atom is 0.138 e. The molecule has 0 fully saturated rings. The number of benzene rings is 1. The number of hydrogen-bond donors (Lipinski definition) is 2. The summed E-state index contributed by atoms with van der Waals surface area (Å²) in [7, 11) is 1.91. The zero-order valence-corrected chi connectivity index (χ0v) is 12.9. The second kappa shape index (κ2) is 7.13. The molecule has 4 heteroatoms. The summed E-state index contributed by atoms with van der Waals surface area (Å²) in [4.78, 5) is 0. The van der Waals surface area contributed by atoms with Gasteiger partial charge in [0.2, 0.25) is 0 Å². The van der Waals surface area contributed by atoms with E-state index in [-0.39, 0.29) is 12.6 Å². The first kappa shape index (κ1) is 16.3. The fourth-order valence-corrected chi connectivity index (χ4v) is 1.98. The first-order chi connectivity index (χ1) is 8.95. The molecule has 2 N–H and O–H groups in total. The van der Waals surface area contributed by atoms with E-state index < -0.39 is 5.60 Å². The quantitative estimate of drug-likeness (QED) is 0.805. The molecular weight excluding hydrogens is 262 g/mol. The first-order valence-corrected chi connectivity index (χ1v) is 7.15. The highest BCUT2D eigenvalue weighted by Crippen LogP contribution is 2.29. The van der Waals surface area contributed by atoms with Gasteiger partial charge in [0.25, 0.3) is 0 Å². The van der Waals surface area contributed by atoms with Gasteiger partial charge in [0.15, 0.2) is 0 Å². The molecular formula is C15H24ClNO2. The lowest BCUT2D eigenvalue weighted by atomic mass is 9.99. The van der Waals surface area contributed by atoms with Crippen LogP contribution in [0.2, 0.25) is 5.02 Å². The molecule has 1 atom stereocenters. The summed E-state index contributed by atoms with van der Waals surface area (Å²) in [6.07, 6.45) is 1.33. The minimum atomic E-state index is -0.778. The molecule has 1 unspecified atom stereocenters. The van der Waals surface area contributed by atoms with E-state index >= 15 is 0 Å². The molecule has 0 aliphatic heterocycles. The Hall–Kier alpha value is -0.770. The van der Waals surface area contributed by atoms with Crippen molar-refractivity contribution in [2.75, 3.05) is 13.7 Å². The molecule has 1 aromatic carbocycles. The van der Waals surface area contributed by atoms with Crippen molar-refractivity contribution in [2.45, 2.75) is 45.3 Å². The maximum absolute atomic E-state index is 10.2. The molecule has 0 amide bonds. The van der Waals surface area contributed by atoms with Gasteiger partial charge in [-0.15, -0.1) is 0 Å². The normalized spacial score (nSPS) is 13.4. The predicted octanol–water partition coefficient (Wildman–Crippen LogP) is 3.55. The summed E-state index contributed by atoms with van der Waals surface area (Å²) in [5, 5.41) is 13.9. The van der Waals surface area contributed by atoms with Crippen LogP contribution in [0.4, 0.5) is 0 Å². The molecule has 0 radical (unpaired) electrons. The van der Waals surface area contributed by atoms with Gasteiger partial charge in [0, 0.05) is 6.04 Å². The van der Waals surface area contributed by atoms with Gasteiger partial charge < -0.3 is 15.2 Å². The minimum Gasteiger partial charge on any atom is -0.489 e. The van der Waals surface area contributed by atoms with E-state index in [1.165, 1.54) is 0 Å². The average molecular weight is 286 g/mol. The lowest BCUT2D eigenvalue weighted by Gasteiger charge is -2.25. The van der Waals surface area contributed by atoms with Gasteiger partial charge in [0.05, 0.1) is 10.6 Å². The first-order valence-electron chi connectivity index (χ1n) is 6.77. The van der Waals surface area contributed by atoms with Crippen molar-refractivity contribution in [3.05, 3.63) is 28.8 Å². The fraction of sp³-hybridized carbons (Fsp3) is 0.600. The summed E-state index contributed by atoms with van der Waals surface area (Å²) >= 11 is 6.21. The van der Waals surface area contributed by atoms with Gasteiger partial charge >= 0.3 is 0 Å². The van der Waals surface area contributed by atoms with Crippen LogP contribution in [0.15, 0.2) is 18.2 Å². The minimum absolute atomic E-state index is 0.245. The van der Waals surface area contributed by atoms with Crippen LogP contribution in [0.1, 0.15) is 45.2 Å². The Labute approximate surface area is 120 Å². The Morgan fingerprint density at radius 3 is 2.47 bits per heavy atom. The second-order valence-electron chi connectivity index (χ2n) is 4.92. The SMILES string of the molecule is CCC(O)(CC)COc1ccc(C(C)NC)cc1Cl. The van der Waals surface area contributed by atoms with Gasteiger partial charge in [-0.1, -0.05) is 31.5 Å². The van der Waals surface area contributed by atoms with E-state index in [1.807, 2.05) is 39.1 Å². The van der Waals surface area contributed by atoms with Crippen LogP contribution in [0.25, 0.3) is 0 Å². The third kappa shape index (κ3) is 4.37. The van der Waals surface area contributed by atoms with Gasteiger partial charge in [0.1, 0.15) is 12.4 Å². The average Bonchev–Trinajstić information content (AvgIpc) is 2.44. The number of nitrogens with one attached hydrogen (secondary N) is 1. The molecule has 3 nitrogen and oxygen atoms in total. The van der Waals surface area contributed by atoms with Gasteiger partial charge in [-0.25, -0.2) is 0 Å². The Morgan fingerprint density at radius 1 is 1.37 bits per heavy atom. The van der Waals surface area contributed by atoms with Crippen LogP contribution in [-0.4, -0.2) is 24.4 Å². The number of hydrogen-bond acceptors (Lipinski definition) is 3. The number of ether oxygens (including phenoxy) is 1. The van der Waals surface area contributed by atoms with Crippen molar-refractivity contribution in [1.29, 1.82) is 0 Å².